The molecule has 0 saturated carbocycles. The topological polar surface area (TPSA) is 101 Å². The van der Waals surface area contributed by atoms with Crippen molar-refractivity contribution in [1.82, 2.24) is 0 Å². The number of aliphatic hydroxyl groups is 1. The van der Waals surface area contributed by atoms with E-state index in [1.807, 2.05) is 0 Å². The van der Waals surface area contributed by atoms with Crippen molar-refractivity contribution >= 4 is 23.5 Å². The maximum absolute atomic E-state index is 11.6. The zero-order valence-corrected chi connectivity index (χ0v) is 16.9. The van der Waals surface area contributed by atoms with Crippen molar-refractivity contribution in [3.8, 4) is 5.75 Å². The third kappa shape index (κ3) is 6.34. The van der Waals surface area contributed by atoms with Gasteiger partial charge in [-0.2, -0.15) is 0 Å². The van der Waals surface area contributed by atoms with Gasteiger partial charge in [-0.15, -0.1) is 0 Å². The molecule has 0 aromatic heterocycles. The van der Waals surface area contributed by atoms with Gasteiger partial charge < -0.3 is 28.8 Å². The molecule has 9 heteroatoms. The molecule has 1 aromatic carbocycles. The quantitative estimate of drug-likeness (QED) is 0.533. The first kappa shape index (κ1) is 22.4. The van der Waals surface area contributed by atoms with Gasteiger partial charge in [0.25, 0.3) is 0 Å². The Labute approximate surface area is 168 Å². The van der Waals surface area contributed by atoms with Crippen molar-refractivity contribution in [3.63, 3.8) is 0 Å². The largest absolute Gasteiger partial charge is 0.463 e. The number of benzene rings is 1. The summed E-state index contributed by atoms with van der Waals surface area (Å²) in [5.41, 5.74) is 0. The summed E-state index contributed by atoms with van der Waals surface area (Å²) in [7, 11) is 0. The molecule has 0 spiro atoms. The maximum atomic E-state index is 11.6. The first-order chi connectivity index (χ1) is 13.2. The third-order valence-electron chi connectivity index (χ3n) is 4.14. The summed E-state index contributed by atoms with van der Waals surface area (Å²) >= 11 is 5.99. The van der Waals surface area contributed by atoms with Crippen LogP contribution in [-0.4, -0.2) is 54.5 Å². The highest BCUT2D eigenvalue weighted by Gasteiger charge is 2.48. The number of aliphatic hydroxyl groups excluding tert-OH is 1. The Hall–Kier alpha value is -1.87. The molecular formula is C19H25ClO8. The van der Waals surface area contributed by atoms with E-state index in [0.717, 1.165) is 0 Å². The van der Waals surface area contributed by atoms with Gasteiger partial charge in [-0.1, -0.05) is 24.6 Å². The van der Waals surface area contributed by atoms with Crippen LogP contribution in [0.2, 0.25) is 5.02 Å². The Morgan fingerprint density at radius 1 is 1.25 bits per heavy atom. The Kier molecular flexibility index (Phi) is 8.06. The van der Waals surface area contributed by atoms with Crippen LogP contribution in [-0.2, 0) is 28.5 Å². The van der Waals surface area contributed by atoms with Crippen LogP contribution in [0.25, 0.3) is 0 Å². The Balaban J connectivity index is 2.28. The van der Waals surface area contributed by atoms with E-state index in [4.69, 9.17) is 35.3 Å². The predicted octanol–water partition coefficient (Wildman–Crippen LogP) is 2.30. The first-order valence-electron chi connectivity index (χ1n) is 8.89. The minimum absolute atomic E-state index is 0.112. The summed E-state index contributed by atoms with van der Waals surface area (Å²) < 4.78 is 27.8. The zero-order chi connectivity index (χ0) is 20.8. The van der Waals surface area contributed by atoms with Crippen molar-refractivity contribution in [1.29, 1.82) is 0 Å². The number of hydrogen-bond acceptors (Lipinski definition) is 8. The van der Waals surface area contributed by atoms with Crippen LogP contribution in [0.3, 0.4) is 0 Å². The summed E-state index contributed by atoms with van der Waals surface area (Å²) in [6.45, 7) is 5.67. The molecular weight excluding hydrogens is 392 g/mol. The van der Waals surface area contributed by atoms with Crippen LogP contribution in [0.4, 0.5) is 0 Å². The van der Waals surface area contributed by atoms with E-state index in [9.17, 15) is 14.7 Å². The number of ether oxygens (including phenoxy) is 5. The fourth-order valence-corrected chi connectivity index (χ4v) is 3.18. The Morgan fingerprint density at radius 2 is 1.96 bits per heavy atom. The van der Waals surface area contributed by atoms with Gasteiger partial charge in [-0.3, -0.25) is 9.59 Å². The molecule has 1 heterocycles. The lowest BCUT2D eigenvalue weighted by Gasteiger charge is -2.44. The van der Waals surface area contributed by atoms with Crippen LogP contribution in [0.15, 0.2) is 24.3 Å². The summed E-state index contributed by atoms with van der Waals surface area (Å²) in [6.07, 6.45) is -4.37. The smallest absolute Gasteiger partial charge is 0.303 e. The van der Waals surface area contributed by atoms with Gasteiger partial charge in [-0.25, -0.2) is 0 Å². The highest BCUT2D eigenvalue weighted by atomic mass is 35.5. The molecule has 1 aromatic rings. The van der Waals surface area contributed by atoms with Gasteiger partial charge in [-0.05, 0) is 25.1 Å². The first-order valence-corrected chi connectivity index (χ1v) is 9.27. The minimum atomic E-state index is -1.10. The van der Waals surface area contributed by atoms with Crippen LogP contribution >= 0.6 is 11.6 Å². The molecule has 0 radical (unpaired) electrons. The molecule has 1 saturated heterocycles. The molecule has 4 unspecified atom stereocenters. The molecule has 0 aliphatic carbocycles. The normalized spacial score (nSPS) is 28.3. The molecule has 0 amide bonds. The second kappa shape index (κ2) is 10.1. The van der Waals surface area contributed by atoms with Crippen molar-refractivity contribution in [2.45, 2.75) is 58.6 Å². The second-order valence-corrected chi connectivity index (χ2v) is 6.99. The van der Waals surface area contributed by atoms with Crippen LogP contribution < -0.4 is 4.74 Å². The number of halogens is 1. The minimum Gasteiger partial charge on any atom is -0.463 e. The van der Waals surface area contributed by atoms with E-state index in [2.05, 4.69) is 0 Å². The van der Waals surface area contributed by atoms with E-state index in [1.54, 1.807) is 31.2 Å². The fraction of sp³-hybridized carbons (Fsp3) is 0.579. The summed E-state index contributed by atoms with van der Waals surface area (Å²) in [6, 6.07) is 6.68. The van der Waals surface area contributed by atoms with Gasteiger partial charge in [0.2, 0.25) is 6.29 Å². The zero-order valence-electron chi connectivity index (χ0n) is 16.2. The van der Waals surface area contributed by atoms with Gasteiger partial charge in [0, 0.05) is 24.8 Å². The average Bonchev–Trinajstić information content (AvgIpc) is 2.58. The lowest BCUT2D eigenvalue weighted by Crippen LogP contribution is -2.59. The molecule has 6 atom stereocenters. The monoisotopic (exact) mass is 416 g/mol. The Bertz CT molecular complexity index is 678. The third-order valence-corrected chi connectivity index (χ3v) is 4.37. The summed E-state index contributed by atoms with van der Waals surface area (Å²) in [5, 5.41) is 10.1. The number of carbonyl (C=O) groups excluding carboxylic acids is 2. The maximum Gasteiger partial charge on any atom is 0.303 e. The van der Waals surface area contributed by atoms with Crippen LogP contribution in [0.5, 0.6) is 5.75 Å². The average molecular weight is 417 g/mol. The van der Waals surface area contributed by atoms with Crippen molar-refractivity contribution in [2.24, 2.45) is 5.92 Å². The van der Waals surface area contributed by atoms with E-state index < -0.39 is 48.7 Å². The fourth-order valence-electron chi connectivity index (χ4n) is 3.00. The van der Waals surface area contributed by atoms with E-state index in [0.29, 0.717) is 10.8 Å². The number of carbonyl (C=O) groups is 2. The molecule has 8 nitrogen and oxygen atoms in total. The van der Waals surface area contributed by atoms with Gasteiger partial charge in [0.05, 0.1) is 6.10 Å². The van der Waals surface area contributed by atoms with Crippen molar-refractivity contribution in [3.05, 3.63) is 29.3 Å². The molecule has 2 rings (SSSR count). The number of esters is 2. The molecule has 1 N–H and O–H groups in total. The second-order valence-electron chi connectivity index (χ2n) is 6.55. The highest BCUT2D eigenvalue weighted by Crippen LogP contribution is 2.33. The van der Waals surface area contributed by atoms with Crippen LogP contribution in [0.1, 0.15) is 27.7 Å². The molecule has 28 heavy (non-hydrogen) atoms. The molecule has 0 bridgehead atoms. The highest BCUT2D eigenvalue weighted by molar-refractivity contribution is 6.30. The molecule has 1 aliphatic heterocycles. The van der Waals surface area contributed by atoms with Crippen molar-refractivity contribution < 1.29 is 38.4 Å². The predicted molar refractivity (Wildman–Crippen MR) is 98.6 cm³/mol. The van der Waals surface area contributed by atoms with Gasteiger partial charge >= 0.3 is 11.9 Å². The standard InChI is InChI=1S/C19H25ClO8/c1-10-17(25-12(3)22)16(9-24-11(2)21)28-19(18(10)26-13(4)23)27-15-7-5-6-14(20)8-15/h5-8,10,12,16-19,22H,9H2,1-4H3/t10?,12?,16?,17-,18?,19+/m1/s1. The van der Waals surface area contributed by atoms with Crippen LogP contribution in [0, 0.1) is 5.92 Å². The summed E-state index contributed by atoms with van der Waals surface area (Å²) in [5.74, 6) is -1.02. The van der Waals surface area contributed by atoms with Gasteiger partial charge in [0.1, 0.15) is 18.5 Å². The molecule has 1 fully saturated rings. The van der Waals surface area contributed by atoms with E-state index in [1.165, 1.54) is 20.8 Å². The number of hydrogen-bond donors (Lipinski definition) is 1. The lowest BCUT2D eigenvalue weighted by molar-refractivity contribution is -0.293. The van der Waals surface area contributed by atoms with Gasteiger partial charge in [0.15, 0.2) is 12.4 Å². The van der Waals surface area contributed by atoms with E-state index >= 15 is 0 Å². The molecule has 156 valence electrons. The number of rotatable bonds is 7. The Morgan fingerprint density at radius 3 is 2.54 bits per heavy atom. The SMILES string of the molecule is CC(=O)OCC1O[C@H](Oc2cccc(Cl)c2)C(OC(C)=O)C(C)[C@H]1OC(C)O. The van der Waals surface area contributed by atoms with E-state index in [-0.39, 0.29) is 6.61 Å². The lowest BCUT2D eigenvalue weighted by atomic mass is 9.90. The molecule has 1 aliphatic rings. The summed E-state index contributed by atoms with van der Waals surface area (Å²) in [4.78, 5) is 22.9. The van der Waals surface area contributed by atoms with Crippen molar-refractivity contribution in [2.75, 3.05) is 6.61 Å².